The molecule has 26 heavy (non-hydrogen) atoms. The SMILES string of the molecule is Cc1nn(CC(C)C)c(C)c1CC(=O)NC1CCSc2ccc(F)cc21. The summed E-state index contributed by atoms with van der Waals surface area (Å²) >= 11 is 1.71. The van der Waals surface area contributed by atoms with E-state index in [1.165, 1.54) is 6.07 Å². The fraction of sp³-hybridized carbons (Fsp3) is 0.500. The van der Waals surface area contributed by atoms with Crippen LogP contribution in [0.1, 0.15) is 48.8 Å². The number of aryl methyl sites for hydroxylation is 1. The molecule has 6 heteroatoms. The largest absolute Gasteiger partial charge is 0.349 e. The lowest BCUT2D eigenvalue weighted by Gasteiger charge is -2.26. The summed E-state index contributed by atoms with van der Waals surface area (Å²) in [6, 6.07) is 4.70. The lowest BCUT2D eigenvalue weighted by Crippen LogP contribution is -2.32. The summed E-state index contributed by atoms with van der Waals surface area (Å²) in [5.41, 5.74) is 3.84. The second-order valence-corrected chi connectivity index (χ2v) is 8.48. The zero-order chi connectivity index (χ0) is 18.8. The predicted molar refractivity (Wildman–Crippen MR) is 103 cm³/mol. The van der Waals surface area contributed by atoms with Crippen LogP contribution in [0.5, 0.6) is 0 Å². The van der Waals surface area contributed by atoms with Crippen molar-refractivity contribution < 1.29 is 9.18 Å². The van der Waals surface area contributed by atoms with Crippen molar-refractivity contribution >= 4 is 17.7 Å². The van der Waals surface area contributed by atoms with Gasteiger partial charge in [0.25, 0.3) is 0 Å². The summed E-state index contributed by atoms with van der Waals surface area (Å²) in [6.45, 7) is 9.13. The summed E-state index contributed by atoms with van der Waals surface area (Å²) in [7, 11) is 0. The number of hydrogen-bond donors (Lipinski definition) is 1. The number of rotatable bonds is 5. The van der Waals surface area contributed by atoms with Crippen LogP contribution in [0.4, 0.5) is 4.39 Å². The Kier molecular flexibility index (Phi) is 5.70. The number of carbonyl (C=O) groups is 1. The number of thioether (sulfide) groups is 1. The first-order chi connectivity index (χ1) is 12.3. The van der Waals surface area contributed by atoms with E-state index >= 15 is 0 Å². The number of carbonyl (C=O) groups excluding carboxylic acids is 1. The minimum atomic E-state index is -0.257. The van der Waals surface area contributed by atoms with E-state index in [1.807, 2.05) is 18.5 Å². The highest BCUT2D eigenvalue weighted by Crippen LogP contribution is 2.36. The summed E-state index contributed by atoms with van der Waals surface area (Å²) in [5.74, 6) is 1.13. The molecule has 2 heterocycles. The van der Waals surface area contributed by atoms with Crippen molar-refractivity contribution in [3.8, 4) is 0 Å². The van der Waals surface area contributed by atoms with Crippen LogP contribution in [0.2, 0.25) is 0 Å². The number of nitrogens with zero attached hydrogens (tertiary/aromatic N) is 2. The maximum absolute atomic E-state index is 13.6. The number of aromatic nitrogens is 2. The third kappa shape index (κ3) is 4.11. The van der Waals surface area contributed by atoms with Crippen LogP contribution in [0.25, 0.3) is 0 Å². The van der Waals surface area contributed by atoms with Gasteiger partial charge in [-0.25, -0.2) is 4.39 Å². The molecule has 1 aromatic heterocycles. The molecule has 2 aromatic rings. The predicted octanol–water partition coefficient (Wildman–Crippen LogP) is 4.19. The van der Waals surface area contributed by atoms with Crippen molar-refractivity contribution in [2.45, 2.75) is 58.0 Å². The molecule has 1 unspecified atom stereocenters. The lowest BCUT2D eigenvalue weighted by atomic mass is 10.0. The topological polar surface area (TPSA) is 46.9 Å². The molecule has 0 spiro atoms. The van der Waals surface area contributed by atoms with Gasteiger partial charge >= 0.3 is 0 Å². The lowest BCUT2D eigenvalue weighted by molar-refractivity contribution is -0.121. The maximum atomic E-state index is 13.6. The quantitative estimate of drug-likeness (QED) is 0.852. The fourth-order valence-corrected chi connectivity index (χ4v) is 4.54. The molecule has 0 saturated heterocycles. The molecule has 1 amide bonds. The van der Waals surface area contributed by atoms with E-state index in [9.17, 15) is 9.18 Å². The highest BCUT2D eigenvalue weighted by molar-refractivity contribution is 7.99. The standard InChI is InChI=1S/C20H26FN3OS/c1-12(2)11-24-14(4)16(13(3)23-24)10-20(25)22-18-7-8-26-19-6-5-15(21)9-17(18)19/h5-6,9,12,18H,7-8,10-11H2,1-4H3,(H,22,25). The van der Waals surface area contributed by atoms with Gasteiger partial charge in [-0.05, 0) is 49.9 Å². The number of fused-ring (bicyclic) bond motifs is 1. The molecule has 0 radical (unpaired) electrons. The van der Waals surface area contributed by atoms with Crippen molar-refractivity contribution in [2.75, 3.05) is 5.75 Å². The van der Waals surface area contributed by atoms with Gasteiger partial charge in [0.05, 0.1) is 18.2 Å². The average Bonchev–Trinajstić information content (AvgIpc) is 2.82. The molecule has 0 aliphatic carbocycles. The molecule has 4 nitrogen and oxygen atoms in total. The molecular weight excluding hydrogens is 349 g/mol. The van der Waals surface area contributed by atoms with E-state index in [1.54, 1.807) is 23.9 Å². The Balaban J connectivity index is 1.73. The minimum absolute atomic E-state index is 0.0348. The second kappa shape index (κ2) is 7.82. The van der Waals surface area contributed by atoms with E-state index in [-0.39, 0.29) is 17.8 Å². The summed E-state index contributed by atoms with van der Waals surface area (Å²) in [6.07, 6.45) is 1.13. The first kappa shape index (κ1) is 19.0. The highest BCUT2D eigenvalue weighted by Gasteiger charge is 2.24. The number of benzene rings is 1. The number of hydrogen-bond acceptors (Lipinski definition) is 3. The summed E-state index contributed by atoms with van der Waals surface area (Å²) in [5, 5.41) is 7.68. The Morgan fingerprint density at radius 3 is 2.92 bits per heavy atom. The maximum Gasteiger partial charge on any atom is 0.225 e. The Hall–Kier alpha value is -1.82. The minimum Gasteiger partial charge on any atom is -0.349 e. The van der Waals surface area contributed by atoms with Gasteiger partial charge in [-0.1, -0.05) is 13.8 Å². The van der Waals surface area contributed by atoms with Gasteiger partial charge in [-0.3, -0.25) is 9.48 Å². The van der Waals surface area contributed by atoms with Crippen molar-refractivity contribution in [3.05, 3.63) is 46.5 Å². The Labute approximate surface area is 158 Å². The number of amides is 1. The van der Waals surface area contributed by atoms with Gasteiger partial charge in [0, 0.05) is 28.5 Å². The van der Waals surface area contributed by atoms with E-state index in [0.717, 1.165) is 46.1 Å². The van der Waals surface area contributed by atoms with Crippen LogP contribution < -0.4 is 5.32 Å². The van der Waals surface area contributed by atoms with Crippen molar-refractivity contribution in [1.29, 1.82) is 0 Å². The second-order valence-electron chi connectivity index (χ2n) is 7.34. The van der Waals surface area contributed by atoms with Gasteiger partial charge in [-0.15, -0.1) is 11.8 Å². The van der Waals surface area contributed by atoms with Gasteiger partial charge in [0.2, 0.25) is 5.91 Å². The molecule has 1 aliphatic rings. The molecule has 1 atom stereocenters. The van der Waals surface area contributed by atoms with Gasteiger partial charge in [-0.2, -0.15) is 5.10 Å². The monoisotopic (exact) mass is 375 g/mol. The van der Waals surface area contributed by atoms with Gasteiger partial charge < -0.3 is 5.32 Å². The third-order valence-corrected chi connectivity index (χ3v) is 5.88. The molecule has 1 N–H and O–H groups in total. The van der Waals surface area contributed by atoms with Crippen LogP contribution in [0.15, 0.2) is 23.1 Å². The van der Waals surface area contributed by atoms with E-state index in [4.69, 9.17) is 0 Å². The molecule has 0 bridgehead atoms. The van der Waals surface area contributed by atoms with E-state index in [2.05, 4.69) is 24.3 Å². The highest BCUT2D eigenvalue weighted by atomic mass is 32.2. The van der Waals surface area contributed by atoms with E-state index < -0.39 is 0 Å². The molecule has 0 fully saturated rings. The van der Waals surface area contributed by atoms with Crippen LogP contribution >= 0.6 is 11.8 Å². The summed E-state index contributed by atoms with van der Waals surface area (Å²) < 4.78 is 15.6. The van der Waals surface area contributed by atoms with Crippen molar-refractivity contribution in [3.63, 3.8) is 0 Å². The first-order valence-corrected chi connectivity index (χ1v) is 10.1. The normalized spacial score (nSPS) is 16.6. The molecule has 0 saturated carbocycles. The molecule has 3 rings (SSSR count). The third-order valence-electron chi connectivity index (χ3n) is 4.75. The Bertz CT molecular complexity index is 816. The van der Waals surface area contributed by atoms with Crippen molar-refractivity contribution in [1.82, 2.24) is 15.1 Å². The van der Waals surface area contributed by atoms with Gasteiger partial charge in [0.1, 0.15) is 5.82 Å². The smallest absolute Gasteiger partial charge is 0.225 e. The Morgan fingerprint density at radius 1 is 1.42 bits per heavy atom. The van der Waals surface area contributed by atoms with Crippen LogP contribution in [-0.2, 0) is 17.8 Å². The molecule has 140 valence electrons. The van der Waals surface area contributed by atoms with Crippen LogP contribution in [0.3, 0.4) is 0 Å². The number of halogens is 1. The van der Waals surface area contributed by atoms with E-state index in [0.29, 0.717) is 12.3 Å². The Morgan fingerprint density at radius 2 is 2.19 bits per heavy atom. The molecule has 1 aliphatic heterocycles. The molecular formula is C20H26FN3OS. The van der Waals surface area contributed by atoms with Crippen LogP contribution in [0, 0.1) is 25.6 Å². The molecule has 1 aromatic carbocycles. The van der Waals surface area contributed by atoms with Crippen LogP contribution in [-0.4, -0.2) is 21.4 Å². The van der Waals surface area contributed by atoms with Gasteiger partial charge in [0.15, 0.2) is 0 Å². The number of nitrogens with one attached hydrogen (secondary N) is 1. The zero-order valence-electron chi connectivity index (χ0n) is 15.8. The average molecular weight is 376 g/mol. The fourth-order valence-electron chi connectivity index (χ4n) is 3.43. The van der Waals surface area contributed by atoms with Crippen molar-refractivity contribution in [2.24, 2.45) is 5.92 Å². The zero-order valence-corrected chi connectivity index (χ0v) is 16.6. The summed E-state index contributed by atoms with van der Waals surface area (Å²) in [4.78, 5) is 13.7. The first-order valence-electron chi connectivity index (χ1n) is 9.09.